The van der Waals surface area contributed by atoms with Gasteiger partial charge in [0.15, 0.2) is 0 Å². The van der Waals surface area contributed by atoms with Crippen molar-refractivity contribution in [2.75, 3.05) is 26.2 Å². The molecule has 1 saturated heterocycles. The third kappa shape index (κ3) is 3.90. The highest BCUT2D eigenvalue weighted by atomic mass is 16.2. The number of piperazine rings is 1. The number of carbonyl (C=O) groups is 1. The molecule has 25 heavy (non-hydrogen) atoms. The van der Waals surface area contributed by atoms with Gasteiger partial charge in [-0.15, -0.1) is 0 Å². The van der Waals surface area contributed by atoms with Crippen LogP contribution in [0, 0.1) is 0 Å². The van der Waals surface area contributed by atoms with Crippen molar-refractivity contribution in [3.63, 3.8) is 0 Å². The minimum atomic E-state index is 0.265. The second-order valence-corrected chi connectivity index (χ2v) is 7.15. The van der Waals surface area contributed by atoms with Gasteiger partial charge in [-0.1, -0.05) is 18.2 Å². The molecule has 2 aliphatic rings. The third-order valence-corrected chi connectivity index (χ3v) is 5.40. The number of hydrogen-bond acceptors (Lipinski definition) is 3. The molecule has 4 rings (SSSR count). The van der Waals surface area contributed by atoms with Gasteiger partial charge in [0.1, 0.15) is 0 Å². The van der Waals surface area contributed by atoms with Crippen molar-refractivity contribution in [3.8, 4) is 0 Å². The molecule has 1 aromatic heterocycles. The first kappa shape index (κ1) is 16.3. The van der Waals surface area contributed by atoms with Crippen molar-refractivity contribution < 1.29 is 4.79 Å². The van der Waals surface area contributed by atoms with E-state index >= 15 is 0 Å². The van der Waals surface area contributed by atoms with E-state index in [9.17, 15) is 4.79 Å². The van der Waals surface area contributed by atoms with Crippen LogP contribution in [0.3, 0.4) is 0 Å². The number of rotatable bonds is 4. The summed E-state index contributed by atoms with van der Waals surface area (Å²) in [5.41, 5.74) is 5.38. The molecule has 4 heteroatoms. The molecule has 0 radical (unpaired) electrons. The Balaban J connectivity index is 1.29. The molecule has 1 aliphatic heterocycles. The van der Waals surface area contributed by atoms with Crippen molar-refractivity contribution in [2.24, 2.45) is 0 Å². The maximum atomic E-state index is 12.6. The van der Waals surface area contributed by atoms with Gasteiger partial charge in [-0.25, -0.2) is 0 Å². The van der Waals surface area contributed by atoms with Crippen LogP contribution < -0.4 is 0 Å². The second kappa shape index (κ2) is 7.36. The molecule has 4 nitrogen and oxygen atoms in total. The molecule has 0 N–H and O–H groups in total. The van der Waals surface area contributed by atoms with Crippen LogP contribution in [-0.4, -0.2) is 46.9 Å². The van der Waals surface area contributed by atoms with Gasteiger partial charge in [0.2, 0.25) is 5.91 Å². The Hall–Kier alpha value is -2.20. The fraction of sp³-hybridized carbons (Fsp3) is 0.429. The summed E-state index contributed by atoms with van der Waals surface area (Å²) in [5.74, 6) is 0.265. The van der Waals surface area contributed by atoms with Crippen LogP contribution >= 0.6 is 0 Å². The van der Waals surface area contributed by atoms with E-state index < -0.39 is 0 Å². The normalized spacial score (nSPS) is 17.5. The van der Waals surface area contributed by atoms with Gasteiger partial charge < -0.3 is 4.90 Å². The zero-order chi connectivity index (χ0) is 17.1. The molecular formula is C21H25N3O. The minimum Gasteiger partial charge on any atom is -0.340 e. The summed E-state index contributed by atoms with van der Waals surface area (Å²) in [7, 11) is 0. The van der Waals surface area contributed by atoms with E-state index in [4.69, 9.17) is 0 Å². The smallest absolute Gasteiger partial charge is 0.227 e. The first-order valence-electron chi connectivity index (χ1n) is 9.28. The second-order valence-electron chi connectivity index (χ2n) is 7.15. The standard InChI is InChI=1S/C21H25N3O/c25-21(15-18-4-5-19-2-1-3-20(19)14-18)24-12-10-23(11-13-24)16-17-6-8-22-9-7-17/h4-9,14H,1-3,10-13,15-16H2. The lowest BCUT2D eigenvalue weighted by Gasteiger charge is -2.34. The molecule has 1 aliphatic carbocycles. The molecule has 1 fully saturated rings. The van der Waals surface area contributed by atoms with Crippen LogP contribution in [-0.2, 0) is 30.6 Å². The zero-order valence-corrected chi connectivity index (χ0v) is 14.7. The summed E-state index contributed by atoms with van der Waals surface area (Å²) in [6.07, 6.45) is 7.84. The first-order chi connectivity index (χ1) is 12.3. The maximum Gasteiger partial charge on any atom is 0.227 e. The third-order valence-electron chi connectivity index (χ3n) is 5.40. The number of carbonyl (C=O) groups excluding carboxylic acids is 1. The predicted octanol–water partition coefficient (Wildman–Crippen LogP) is 2.46. The van der Waals surface area contributed by atoms with Gasteiger partial charge in [0.05, 0.1) is 6.42 Å². The van der Waals surface area contributed by atoms with E-state index in [1.807, 2.05) is 17.3 Å². The molecule has 130 valence electrons. The highest BCUT2D eigenvalue weighted by molar-refractivity contribution is 5.79. The average Bonchev–Trinajstić information content (AvgIpc) is 3.11. The monoisotopic (exact) mass is 335 g/mol. The molecule has 1 aromatic carbocycles. The van der Waals surface area contributed by atoms with Crippen LogP contribution in [0.2, 0.25) is 0 Å². The van der Waals surface area contributed by atoms with E-state index in [0.29, 0.717) is 6.42 Å². The van der Waals surface area contributed by atoms with E-state index in [1.54, 1.807) is 0 Å². The lowest BCUT2D eigenvalue weighted by Crippen LogP contribution is -2.48. The van der Waals surface area contributed by atoms with Crippen molar-refractivity contribution in [3.05, 3.63) is 65.0 Å². The van der Waals surface area contributed by atoms with Crippen LogP contribution in [0.4, 0.5) is 0 Å². The Labute approximate surface area is 149 Å². The lowest BCUT2D eigenvalue weighted by molar-refractivity contribution is -0.132. The highest BCUT2D eigenvalue weighted by Gasteiger charge is 2.21. The van der Waals surface area contributed by atoms with Crippen molar-refractivity contribution >= 4 is 5.91 Å². The zero-order valence-electron chi connectivity index (χ0n) is 14.7. The summed E-state index contributed by atoms with van der Waals surface area (Å²) in [6, 6.07) is 10.7. The summed E-state index contributed by atoms with van der Waals surface area (Å²) < 4.78 is 0. The Bertz CT molecular complexity index is 736. The number of pyridine rings is 1. The SMILES string of the molecule is O=C(Cc1ccc2c(c1)CCC2)N1CCN(Cc2ccncc2)CC1. The van der Waals surface area contributed by atoms with Crippen molar-refractivity contribution in [2.45, 2.75) is 32.2 Å². The number of nitrogens with zero attached hydrogens (tertiary/aromatic N) is 3. The maximum absolute atomic E-state index is 12.6. The number of benzene rings is 1. The van der Waals surface area contributed by atoms with Crippen LogP contribution in [0.5, 0.6) is 0 Å². The van der Waals surface area contributed by atoms with Crippen LogP contribution in [0.15, 0.2) is 42.7 Å². The van der Waals surface area contributed by atoms with E-state index in [0.717, 1.165) is 32.7 Å². The molecule has 0 bridgehead atoms. The van der Waals surface area contributed by atoms with Crippen LogP contribution in [0.25, 0.3) is 0 Å². The molecule has 1 amide bonds. The number of fused-ring (bicyclic) bond motifs is 1. The Morgan fingerprint density at radius 3 is 2.48 bits per heavy atom. The first-order valence-corrected chi connectivity index (χ1v) is 9.28. The predicted molar refractivity (Wildman–Crippen MR) is 98.3 cm³/mol. The van der Waals surface area contributed by atoms with E-state index in [1.165, 1.54) is 41.5 Å². The van der Waals surface area contributed by atoms with E-state index in [-0.39, 0.29) is 5.91 Å². The summed E-state index contributed by atoms with van der Waals surface area (Å²) >= 11 is 0. The number of amides is 1. The minimum absolute atomic E-state index is 0.265. The molecule has 0 spiro atoms. The Morgan fingerprint density at radius 1 is 0.920 bits per heavy atom. The Kier molecular flexibility index (Phi) is 4.79. The van der Waals surface area contributed by atoms with Gasteiger partial charge in [-0.2, -0.15) is 0 Å². The molecule has 0 unspecified atom stereocenters. The summed E-state index contributed by atoms with van der Waals surface area (Å²) in [6.45, 7) is 4.48. The van der Waals surface area contributed by atoms with E-state index in [2.05, 4.69) is 40.2 Å². The number of aryl methyl sites for hydroxylation is 2. The summed E-state index contributed by atoms with van der Waals surface area (Å²) in [5, 5.41) is 0. The van der Waals surface area contributed by atoms with Crippen molar-refractivity contribution in [1.82, 2.24) is 14.8 Å². The fourth-order valence-corrected chi connectivity index (χ4v) is 3.92. The van der Waals surface area contributed by atoms with Crippen LogP contribution in [0.1, 0.15) is 28.7 Å². The highest BCUT2D eigenvalue weighted by Crippen LogP contribution is 2.23. The van der Waals surface area contributed by atoms with Gasteiger partial charge in [0, 0.05) is 45.1 Å². The van der Waals surface area contributed by atoms with Crippen molar-refractivity contribution in [1.29, 1.82) is 0 Å². The topological polar surface area (TPSA) is 36.4 Å². The largest absolute Gasteiger partial charge is 0.340 e. The molecular weight excluding hydrogens is 310 g/mol. The van der Waals surface area contributed by atoms with Gasteiger partial charge in [-0.3, -0.25) is 14.7 Å². The van der Waals surface area contributed by atoms with Gasteiger partial charge in [0.25, 0.3) is 0 Å². The molecule has 2 aromatic rings. The Morgan fingerprint density at radius 2 is 1.68 bits per heavy atom. The molecule has 2 heterocycles. The number of aromatic nitrogens is 1. The quantitative estimate of drug-likeness (QED) is 0.861. The number of hydrogen-bond donors (Lipinski definition) is 0. The lowest BCUT2D eigenvalue weighted by atomic mass is 10.0. The fourth-order valence-electron chi connectivity index (χ4n) is 3.92. The van der Waals surface area contributed by atoms with Gasteiger partial charge in [-0.05, 0) is 53.6 Å². The molecule has 0 saturated carbocycles. The molecule has 0 atom stereocenters. The summed E-state index contributed by atoms with van der Waals surface area (Å²) in [4.78, 5) is 21.1. The van der Waals surface area contributed by atoms with Gasteiger partial charge >= 0.3 is 0 Å². The average molecular weight is 335 g/mol.